The topological polar surface area (TPSA) is 62.1 Å². The number of fused-ring (bicyclic) bond motifs is 2. The average molecular weight is 475 g/mol. The van der Waals surface area contributed by atoms with Crippen molar-refractivity contribution in [2.75, 3.05) is 19.6 Å². The molecule has 1 fully saturated rings. The first kappa shape index (κ1) is 22.8. The van der Waals surface area contributed by atoms with Crippen LogP contribution in [0.3, 0.4) is 0 Å². The van der Waals surface area contributed by atoms with Gasteiger partial charge in [0.25, 0.3) is 0 Å². The number of hydrogen-bond acceptors (Lipinski definition) is 4. The van der Waals surface area contributed by atoms with Crippen molar-refractivity contribution in [2.45, 2.75) is 51.6 Å². The highest BCUT2D eigenvalue weighted by molar-refractivity contribution is 5.92. The molecule has 1 aliphatic heterocycles. The number of likely N-dealkylation sites (tertiary alicyclic amines) is 1. The van der Waals surface area contributed by atoms with Crippen molar-refractivity contribution >= 4 is 16.6 Å². The SMILES string of the molecule is Cc1cc(-c2[nH]c3cnc(C4CCN(CC(F)(F)F)CC4)c(F)c3c2C(C)C)cn2ncnc12. The van der Waals surface area contributed by atoms with Gasteiger partial charge in [0.1, 0.15) is 6.33 Å². The second-order valence-electron chi connectivity index (χ2n) is 9.42. The van der Waals surface area contributed by atoms with Gasteiger partial charge in [-0.1, -0.05) is 13.8 Å². The Labute approximate surface area is 194 Å². The molecule has 180 valence electrons. The molecule has 1 saturated heterocycles. The third-order valence-electron chi connectivity index (χ3n) is 6.65. The number of nitrogens with zero attached hydrogens (tertiary/aromatic N) is 5. The number of H-pyrrole nitrogens is 1. The Balaban J connectivity index is 1.54. The summed E-state index contributed by atoms with van der Waals surface area (Å²) in [5.74, 6) is -0.564. The van der Waals surface area contributed by atoms with Gasteiger partial charge in [-0.3, -0.25) is 9.88 Å². The molecule has 5 heterocycles. The number of halogens is 4. The Morgan fingerprint density at radius 3 is 2.59 bits per heavy atom. The first-order valence-corrected chi connectivity index (χ1v) is 11.4. The van der Waals surface area contributed by atoms with Crippen molar-refractivity contribution in [2.24, 2.45) is 0 Å². The summed E-state index contributed by atoms with van der Waals surface area (Å²) in [5, 5.41) is 4.75. The van der Waals surface area contributed by atoms with Gasteiger partial charge < -0.3 is 4.98 Å². The lowest BCUT2D eigenvalue weighted by Gasteiger charge is -2.32. The fourth-order valence-corrected chi connectivity index (χ4v) is 5.12. The lowest BCUT2D eigenvalue weighted by atomic mass is 9.90. The fraction of sp³-hybridized carbons (Fsp3) is 0.458. The molecule has 0 spiro atoms. The van der Waals surface area contributed by atoms with Gasteiger partial charge in [-0.2, -0.15) is 18.3 Å². The number of aromatic amines is 1. The molecule has 0 saturated carbocycles. The minimum absolute atomic E-state index is 0.0221. The van der Waals surface area contributed by atoms with E-state index in [0.29, 0.717) is 29.4 Å². The van der Waals surface area contributed by atoms with E-state index < -0.39 is 12.7 Å². The van der Waals surface area contributed by atoms with Gasteiger partial charge in [-0.25, -0.2) is 13.9 Å². The van der Waals surface area contributed by atoms with Crippen LogP contribution in [-0.4, -0.2) is 55.3 Å². The van der Waals surface area contributed by atoms with Gasteiger partial charge in [0.05, 0.1) is 29.6 Å². The molecular weight excluding hydrogens is 448 g/mol. The number of piperidine rings is 1. The van der Waals surface area contributed by atoms with Crippen molar-refractivity contribution in [1.82, 2.24) is 29.5 Å². The van der Waals surface area contributed by atoms with Crippen LogP contribution in [0.15, 0.2) is 24.8 Å². The van der Waals surface area contributed by atoms with Crippen LogP contribution < -0.4 is 0 Å². The molecule has 34 heavy (non-hydrogen) atoms. The summed E-state index contributed by atoms with van der Waals surface area (Å²) >= 11 is 0. The Morgan fingerprint density at radius 1 is 1.18 bits per heavy atom. The Hall–Kier alpha value is -3.01. The summed E-state index contributed by atoms with van der Waals surface area (Å²) in [6.45, 7) is 5.61. The molecule has 0 atom stereocenters. The monoisotopic (exact) mass is 474 g/mol. The molecule has 5 rings (SSSR count). The van der Waals surface area contributed by atoms with Crippen LogP contribution in [0.25, 0.3) is 27.8 Å². The van der Waals surface area contributed by atoms with Gasteiger partial charge in [-0.15, -0.1) is 0 Å². The summed E-state index contributed by atoms with van der Waals surface area (Å²) in [7, 11) is 0. The molecule has 4 aromatic rings. The summed E-state index contributed by atoms with van der Waals surface area (Å²) in [4.78, 5) is 13.4. The molecule has 0 unspecified atom stereocenters. The second-order valence-corrected chi connectivity index (χ2v) is 9.42. The van der Waals surface area contributed by atoms with Gasteiger partial charge in [0.15, 0.2) is 11.5 Å². The van der Waals surface area contributed by atoms with Crippen LogP contribution in [0.5, 0.6) is 0 Å². The summed E-state index contributed by atoms with van der Waals surface area (Å²) in [6, 6.07) is 2.00. The number of nitrogens with one attached hydrogen (secondary N) is 1. The molecule has 0 aromatic carbocycles. The van der Waals surface area contributed by atoms with Gasteiger partial charge in [0, 0.05) is 23.1 Å². The van der Waals surface area contributed by atoms with Crippen molar-refractivity contribution in [3.8, 4) is 11.3 Å². The van der Waals surface area contributed by atoms with E-state index in [-0.39, 0.29) is 30.7 Å². The van der Waals surface area contributed by atoms with E-state index in [9.17, 15) is 13.2 Å². The summed E-state index contributed by atoms with van der Waals surface area (Å²) < 4.78 is 55.8. The van der Waals surface area contributed by atoms with E-state index in [1.807, 2.05) is 33.0 Å². The van der Waals surface area contributed by atoms with Gasteiger partial charge in [-0.05, 0) is 56.0 Å². The predicted molar refractivity (Wildman–Crippen MR) is 121 cm³/mol. The highest BCUT2D eigenvalue weighted by Crippen LogP contribution is 2.40. The van der Waals surface area contributed by atoms with Crippen molar-refractivity contribution in [3.05, 3.63) is 47.4 Å². The maximum atomic E-state index is 16.0. The normalized spacial score (nSPS) is 16.4. The molecule has 1 N–H and O–H groups in total. The number of aromatic nitrogens is 5. The number of aryl methyl sites for hydroxylation is 1. The highest BCUT2D eigenvalue weighted by atomic mass is 19.4. The predicted octanol–water partition coefficient (Wildman–Crippen LogP) is 5.59. The molecule has 0 aliphatic carbocycles. The minimum atomic E-state index is -4.23. The van der Waals surface area contributed by atoms with Crippen LogP contribution in [0.4, 0.5) is 17.6 Å². The number of alkyl halides is 3. The number of pyridine rings is 2. The quantitative estimate of drug-likeness (QED) is 0.392. The van der Waals surface area contributed by atoms with Crippen LogP contribution in [0, 0.1) is 12.7 Å². The van der Waals surface area contributed by atoms with E-state index in [1.165, 1.54) is 11.2 Å². The van der Waals surface area contributed by atoms with E-state index in [4.69, 9.17) is 0 Å². The largest absolute Gasteiger partial charge is 0.401 e. The smallest absolute Gasteiger partial charge is 0.353 e. The minimum Gasteiger partial charge on any atom is -0.353 e. The molecule has 10 heteroatoms. The van der Waals surface area contributed by atoms with Crippen molar-refractivity contribution in [1.29, 1.82) is 0 Å². The molecule has 1 aliphatic rings. The fourth-order valence-electron chi connectivity index (χ4n) is 5.12. The maximum absolute atomic E-state index is 16.0. The molecule has 0 radical (unpaired) electrons. The zero-order valence-corrected chi connectivity index (χ0v) is 19.2. The van der Waals surface area contributed by atoms with Gasteiger partial charge in [0.2, 0.25) is 0 Å². The zero-order chi connectivity index (χ0) is 24.2. The Kier molecular flexibility index (Phi) is 5.58. The lowest BCUT2D eigenvalue weighted by Crippen LogP contribution is -2.39. The summed E-state index contributed by atoms with van der Waals surface area (Å²) in [5.41, 5.74) is 5.19. The second kappa shape index (κ2) is 8.33. The first-order chi connectivity index (χ1) is 16.1. The molecular formula is C24H26F4N6. The lowest BCUT2D eigenvalue weighted by molar-refractivity contribution is -0.148. The number of rotatable bonds is 4. The van der Waals surface area contributed by atoms with Crippen LogP contribution >= 0.6 is 0 Å². The van der Waals surface area contributed by atoms with Crippen molar-refractivity contribution in [3.63, 3.8) is 0 Å². The molecule has 6 nitrogen and oxygen atoms in total. The summed E-state index contributed by atoms with van der Waals surface area (Å²) in [6.07, 6.45) is 1.68. The van der Waals surface area contributed by atoms with Crippen LogP contribution in [-0.2, 0) is 0 Å². The van der Waals surface area contributed by atoms with Crippen LogP contribution in [0.1, 0.15) is 55.3 Å². The highest BCUT2D eigenvalue weighted by Gasteiger charge is 2.34. The van der Waals surface area contributed by atoms with Crippen molar-refractivity contribution < 1.29 is 17.6 Å². The molecule has 4 aromatic heterocycles. The Morgan fingerprint density at radius 2 is 1.91 bits per heavy atom. The van der Waals surface area contributed by atoms with Gasteiger partial charge >= 0.3 is 6.18 Å². The van der Waals surface area contributed by atoms with E-state index in [1.54, 1.807) is 10.7 Å². The zero-order valence-electron chi connectivity index (χ0n) is 19.2. The van der Waals surface area contributed by atoms with E-state index in [0.717, 1.165) is 28.0 Å². The molecule has 0 amide bonds. The van der Waals surface area contributed by atoms with E-state index in [2.05, 4.69) is 20.1 Å². The molecule has 0 bridgehead atoms. The number of hydrogen-bond donors (Lipinski definition) is 1. The first-order valence-electron chi connectivity index (χ1n) is 11.4. The standard InChI is InChI=1S/C24H26F4N6/c1-13(2)18-19-17(32-21(18)16-8-14(3)23-30-12-31-34(23)10-16)9-29-22(20(19)25)15-4-6-33(7-5-15)11-24(26,27)28/h8-10,12-13,15,32H,4-7,11H2,1-3H3. The van der Waals surface area contributed by atoms with E-state index >= 15 is 4.39 Å². The third kappa shape index (κ3) is 4.04. The Bertz CT molecular complexity index is 1350. The third-order valence-corrected chi connectivity index (χ3v) is 6.65. The maximum Gasteiger partial charge on any atom is 0.401 e. The average Bonchev–Trinajstić information content (AvgIpc) is 3.39. The van der Waals surface area contributed by atoms with Crippen LogP contribution in [0.2, 0.25) is 0 Å².